The number of ether oxygens (including phenoxy) is 1. The van der Waals surface area contributed by atoms with Gasteiger partial charge in [0.15, 0.2) is 0 Å². The average Bonchev–Trinajstić information content (AvgIpc) is 2.59. The van der Waals surface area contributed by atoms with Crippen LogP contribution >= 0.6 is 0 Å². The predicted octanol–water partition coefficient (Wildman–Crippen LogP) is 3.31. The minimum Gasteiger partial charge on any atom is -0.462 e. The first-order valence-corrected chi connectivity index (χ1v) is 9.05. The number of esters is 1. The molecule has 1 rings (SSSR count). The maximum atomic E-state index is 11.8. The third-order valence-electron chi connectivity index (χ3n) is 4.13. The molecule has 0 amide bonds. The molecule has 0 unspecified atom stereocenters. The van der Waals surface area contributed by atoms with E-state index in [1.807, 2.05) is 12.3 Å². The lowest BCUT2D eigenvalue weighted by Gasteiger charge is -2.28. The summed E-state index contributed by atoms with van der Waals surface area (Å²) in [6, 6.07) is 1.89. The monoisotopic (exact) mass is 334 g/mol. The average molecular weight is 334 g/mol. The van der Waals surface area contributed by atoms with Crippen LogP contribution in [0.15, 0.2) is 23.9 Å². The molecular formula is C19H30N2O3. The van der Waals surface area contributed by atoms with Crippen molar-refractivity contribution in [2.45, 2.75) is 64.4 Å². The van der Waals surface area contributed by atoms with E-state index >= 15 is 0 Å². The largest absolute Gasteiger partial charge is 0.462 e. The molecule has 1 saturated heterocycles. The van der Waals surface area contributed by atoms with Crippen LogP contribution < -0.4 is 0 Å². The highest BCUT2D eigenvalue weighted by molar-refractivity contribution is 5.93. The van der Waals surface area contributed by atoms with Crippen molar-refractivity contribution in [2.75, 3.05) is 19.7 Å². The highest BCUT2D eigenvalue weighted by Crippen LogP contribution is 2.10. The van der Waals surface area contributed by atoms with E-state index in [0.29, 0.717) is 6.61 Å². The Morgan fingerprint density at radius 3 is 2.58 bits per heavy atom. The molecule has 1 fully saturated rings. The van der Waals surface area contributed by atoms with E-state index in [1.54, 1.807) is 6.08 Å². The molecule has 1 aliphatic heterocycles. The number of piperidine rings is 1. The Kier molecular flexibility index (Phi) is 10.6. The molecule has 0 spiro atoms. The maximum Gasteiger partial charge on any atom is 0.348 e. The fourth-order valence-electron chi connectivity index (χ4n) is 2.57. The zero-order valence-corrected chi connectivity index (χ0v) is 14.7. The molecule has 0 saturated carbocycles. The minimum atomic E-state index is -0.551. The van der Waals surface area contributed by atoms with E-state index in [-0.39, 0.29) is 11.7 Å². The van der Waals surface area contributed by atoms with Crippen LogP contribution in [0.5, 0.6) is 0 Å². The number of carbonyl (C=O) groups is 1. The van der Waals surface area contributed by atoms with Crippen LogP contribution in [0.25, 0.3) is 0 Å². The molecule has 0 aromatic carbocycles. The van der Waals surface area contributed by atoms with E-state index in [0.717, 1.165) is 38.8 Å². The lowest BCUT2D eigenvalue weighted by Crippen LogP contribution is -2.31. The van der Waals surface area contributed by atoms with E-state index in [2.05, 4.69) is 11.8 Å². The highest BCUT2D eigenvalue weighted by atomic mass is 16.5. The molecule has 1 N–H and O–H groups in total. The van der Waals surface area contributed by atoms with Gasteiger partial charge in [-0.15, -0.1) is 0 Å². The smallest absolute Gasteiger partial charge is 0.348 e. The molecule has 0 radical (unpaired) electrons. The van der Waals surface area contributed by atoms with Crippen LogP contribution in [-0.4, -0.2) is 41.8 Å². The van der Waals surface area contributed by atoms with Crippen molar-refractivity contribution in [3.05, 3.63) is 23.9 Å². The fourth-order valence-corrected chi connectivity index (χ4v) is 2.57. The van der Waals surface area contributed by atoms with Gasteiger partial charge in [0.2, 0.25) is 0 Å². The zero-order chi connectivity index (χ0) is 17.6. The molecule has 0 bridgehead atoms. The predicted molar refractivity (Wildman–Crippen MR) is 94.0 cm³/mol. The Hall–Kier alpha value is -1.80. The number of aliphatic hydroxyl groups excluding tert-OH is 1. The van der Waals surface area contributed by atoms with Crippen molar-refractivity contribution >= 4 is 5.97 Å². The number of likely N-dealkylation sites (tertiary alicyclic amines) is 1. The van der Waals surface area contributed by atoms with Crippen molar-refractivity contribution in [3.63, 3.8) is 0 Å². The molecule has 134 valence electrons. The Morgan fingerprint density at radius 1 is 1.25 bits per heavy atom. The summed E-state index contributed by atoms with van der Waals surface area (Å²) in [5.41, 5.74) is 0.0225. The van der Waals surface area contributed by atoms with Gasteiger partial charge in [-0.25, -0.2) is 4.79 Å². The van der Waals surface area contributed by atoms with Gasteiger partial charge < -0.3 is 14.7 Å². The van der Waals surface area contributed by atoms with E-state index < -0.39 is 5.97 Å². The van der Waals surface area contributed by atoms with Gasteiger partial charge >= 0.3 is 5.97 Å². The number of aliphatic hydroxyl groups is 1. The van der Waals surface area contributed by atoms with Crippen molar-refractivity contribution in [1.82, 2.24) is 4.90 Å². The van der Waals surface area contributed by atoms with Crippen molar-refractivity contribution in [1.29, 1.82) is 5.26 Å². The summed E-state index contributed by atoms with van der Waals surface area (Å²) in [7, 11) is 0. The first kappa shape index (κ1) is 20.2. The van der Waals surface area contributed by atoms with Gasteiger partial charge in [0.25, 0.3) is 0 Å². The summed E-state index contributed by atoms with van der Waals surface area (Å²) in [6.07, 6.45) is 13.1. The Morgan fingerprint density at radius 2 is 1.92 bits per heavy atom. The topological polar surface area (TPSA) is 73.6 Å². The van der Waals surface area contributed by atoms with Crippen LogP contribution in [0.1, 0.15) is 58.3 Å². The zero-order valence-electron chi connectivity index (χ0n) is 14.7. The van der Waals surface area contributed by atoms with Crippen LogP contribution in [-0.2, 0) is 9.53 Å². The van der Waals surface area contributed by atoms with E-state index in [4.69, 9.17) is 10.00 Å². The van der Waals surface area contributed by atoms with Crippen LogP contribution in [0.3, 0.4) is 0 Å². The van der Waals surface area contributed by atoms with E-state index in [1.165, 1.54) is 31.8 Å². The lowest BCUT2D eigenvalue weighted by molar-refractivity contribution is -0.138. The molecule has 0 aliphatic carbocycles. The number of allylic oxidation sites excluding steroid dienone is 2. The van der Waals surface area contributed by atoms with Gasteiger partial charge in [-0.3, -0.25) is 0 Å². The maximum absolute atomic E-state index is 11.8. The molecule has 24 heavy (non-hydrogen) atoms. The van der Waals surface area contributed by atoms with Gasteiger partial charge in [0, 0.05) is 13.1 Å². The summed E-state index contributed by atoms with van der Waals surface area (Å²) in [4.78, 5) is 13.9. The second-order valence-corrected chi connectivity index (χ2v) is 6.20. The Bertz CT molecular complexity index is 458. The quantitative estimate of drug-likeness (QED) is 0.218. The SMILES string of the molecule is CCCCCCCCOC(=O)/C(C#N)=C/C=C/N1CCC(O)CC1. The summed E-state index contributed by atoms with van der Waals surface area (Å²) in [5.74, 6) is -0.551. The number of carbonyl (C=O) groups excluding carboxylic acids is 1. The second kappa shape index (κ2) is 12.6. The molecule has 0 atom stereocenters. The summed E-state index contributed by atoms with van der Waals surface area (Å²) in [5, 5.41) is 18.5. The highest BCUT2D eigenvalue weighted by Gasteiger charge is 2.14. The Labute approximate surface area is 145 Å². The minimum absolute atomic E-state index is 0.0225. The van der Waals surface area contributed by atoms with Crippen LogP contribution in [0.4, 0.5) is 0 Å². The number of nitriles is 1. The number of unbranched alkanes of at least 4 members (excludes halogenated alkanes) is 5. The van der Waals surface area contributed by atoms with Gasteiger partial charge in [-0.2, -0.15) is 5.26 Å². The van der Waals surface area contributed by atoms with Gasteiger partial charge in [-0.05, 0) is 37.6 Å². The normalized spacial score (nSPS) is 16.4. The van der Waals surface area contributed by atoms with Crippen LogP contribution in [0, 0.1) is 11.3 Å². The third kappa shape index (κ3) is 8.73. The second-order valence-electron chi connectivity index (χ2n) is 6.20. The summed E-state index contributed by atoms with van der Waals surface area (Å²) >= 11 is 0. The lowest BCUT2D eigenvalue weighted by atomic mass is 10.1. The standard InChI is InChI=1S/C19H30N2O3/c1-2-3-4-5-6-7-15-24-19(23)17(16-20)9-8-12-21-13-10-18(22)11-14-21/h8-9,12,18,22H,2-7,10-11,13-15H2,1H3/b12-8+,17-9+. The third-order valence-corrected chi connectivity index (χ3v) is 4.13. The molecule has 5 heteroatoms. The van der Waals surface area contributed by atoms with Crippen LogP contribution in [0.2, 0.25) is 0 Å². The summed E-state index contributed by atoms with van der Waals surface area (Å²) in [6.45, 7) is 4.13. The molecule has 1 heterocycles. The molecule has 0 aromatic heterocycles. The van der Waals surface area contributed by atoms with Gasteiger partial charge in [-0.1, -0.05) is 39.0 Å². The fraction of sp³-hybridized carbons (Fsp3) is 0.684. The summed E-state index contributed by atoms with van der Waals surface area (Å²) < 4.78 is 5.15. The first-order valence-electron chi connectivity index (χ1n) is 9.05. The van der Waals surface area contributed by atoms with Gasteiger partial charge in [0.1, 0.15) is 11.6 Å². The van der Waals surface area contributed by atoms with Crippen molar-refractivity contribution < 1.29 is 14.6 Å². The number of rotatable bonds is 10. The molecule has 5 nitrogen and oxygen atoms in total. The van der Waals surface area contributed by atoms with Gasteiger partial charge in [0.05, 0.1) is 12.7 Å². The van der Waals surface area contributed by atoms with Crippen molar-refractivity contribution in [2.24, 2.45) is 0 Å². The molecule has 1 aliphatic rings. The molecule has 0 aromatic rings. The Balaban J connectivity index is 2.26. The number of nitrogens with zero attached hydrogens (tertiary/aromatic N) is 2. The number of hydrogen-bond acceptors (Lipinski definition) is 5. The molecular weight excluding hydrogens is 304 g/mol. The first-order chi connectivity index (χ1) is 11.7. The van der Waals surface area contributed by atoms with E-state index in [9.17, 15) is 9.90 Å². The number of hydrogen-bond donors (Lipinski definition) is 1. The van der Waals surface area contributed by atoms with Crippen molar-refractivity contribution in [3.8, 4) is 6.07 Å².